The number of carbonyl (C=O) groups is 2. The van der Waals surface area contributed by atoms with Crippen molar-refractivity contribution in [1.82, 2.24) is 15.5 Å². The number of amides is 2. The van der Waals surface area contributed by atoms with Gasteiger partial charge in [-0.25, -0.2) is 9.59 Å². The summed E-state index contributed by atoms with van der Waals surface area (Å²) in [6, 6.07) is -0.443. The monoisotopic (exact) mass is 245 g/mol. The van der Waals surface area contributed by atoms with E-state index in [1.165, 1.54) is 6.92 Å². The fourth-order valence-electron chi connectivity index (χ4n) is 1.11. The van der Waals surface area contributed by atoms with E-state index in [2.05, 4.69) is 15.5 Å². The SMILES string of the molecule is CCN(C)CCNC(=O)NC(C)(CC)C(=O)O. The predicted octanol–water partition coefficient (Wildman–Crippen LogP) is 0.491. The number of rotatable bonds is 7. The van der Waals surface area contributed by atoms with Gasteiger partial charge in [0, 0.05) is 13.1 Å². The molecule has 6 heteroatoms. The van der Waals surface area contributed by atoms with E-state index in [1.54, 1.807) is 6.92 Å². The van der Waals surface area contributed by atoms with Gasteiger partial charge >= 0.3 is 12.0 Å². The molecule has 17 heavy (non-hydrogen) atoms. The molecule has 0 aliphatic carbocycles. The molecule has 0 saturated carbocycles. The Balaban J connectivity index is 4.05. The van der Waals surface area contributed by atoms with Crippen LogP contribution in [0.15, 0.2) is 0 Å². The number of likely N-dealkylation sites (N-methyl/N-ethyl adjacent to an activating group) is 1. The molecule has 100 valence electrons. The summed E-state index contributed by atoms with van der Waals surface area (Å²) >= 11 is 0. The molecule has 0 saturated heterocycles. The first kappa shape index (κ1) is 15.7. The number of carboxylic acids is 1. The summed E-state index contributed by atoms with van der Waals surface area (Å²) in [5.41, 5.74) is -1.21. The van der Waals surface area contributed by atoms with Crippen molar-refractivity contribution in [3.05, 3.63) is 0 Å². The second-order valence-electron chi connectivity index (χ2n) is 4.27. The van der Waals surface area contributed by atoms with E-state index < -0.39 is 17.5 Å². The lowest BCUT2D eigenvalue weighted by atomic mass is 10.00. The fraction of sp³-hybridized carbons (Fsp3) is 0.818. The normalized spacial score (nSPS) is 14.2. The second kappa shape index (κ2) is 7.11. The molecule has 0 rings (SSSR count). The molecule has 1 atom stereocenters. The van der Waals surface area contributed by atoms with Crippen LogP contribution in [0.1, 0.15) is 27.2 Å². The minimum absolute atomic E-state index is 0.338. The largest absolute Gasteiger partial charge is 0.480 e. The van der Waals surface area contributed by atoms with Crippen LogP contribution in [-0.2, 0) is 4.79 Å². The molecule has 0 aromatic heterocycles. The van der Waals surface area contributed by atoms with Crippen LogP contribution in [0.3, 0.4) is 0 Å². The number of nitrogens with one attached hydrogen (secondary N) is 2. The van der Waals surface area contributed by atoms with Crippen molar-refractivity contribution >= 4 is 12.0 Å². The molecule has 0 aliphatic heterocycles. The first-order valence-electron chi connectivity index (χ1n) is 5.83. The summed E-state index contributed by atoms with van der Waals surface area (Å²) in [5, 5.41) is 14.1. The molecule has 0 heterocycles. The van der Waals surface area contributed by atoms with Gasteiger partial charge in [0.05, 0.1) is 0 Å². The van der Waals surface area contributed by atoms with Crippen molar-refractivity contribution < 1.29 is 14.7 Å². The lowest BCUT2D eigenvalue weighted by Gasteiger charge is -2.25. The van der Waals surface area contributed by atoms with E-state index in [1.807, 2.05) is 14.0 Å². The van der Waals surface area contributed by atoms with E-state index in [0.29, 0.717) is 13.0 Å². The Bertz CT molecular complexity index is 271. The molecule has 1 unspecified atom stereocenters. The van der Waals surface area contributed by atoms with Crippen molar-refractivity contribution in [3.8, 4) is 0 Å². The van der Waals surface area contributed by atoms with Gasteiger partial charge in [-0.1, -0.05) is 13.8 Å². The Kier molecular flexibility index (Phi) is 6.57. The van der Waals surface area contributed by atoms with E-state index in [9.17, 15) is 9.59 Å². The van der Waals surface area contributed by atoms with Crippen molar-refractivity contribution in [1.29, 1.82) is 0 Å². The number of aliphatic carboxylic acids is 1. The predicted molar refractivity (Wildman–Crippen MR) is 66.0 cm³/mol. The van der Waals surface area contributed by atoms with E-state index in [0.717, 1.165) is 13.1 Å². The second-order valence-corrected chi connectivity index (χ2v) is 4.27. The van der Waals surface area contributed by atoms with Crippen LogP contribution in [0.4, 0.5) is 4.79 Å². The quantitative estimate of drug-likeness (QED) is 0.609. The number of carbonyl (C=O) groups excluding carboxylic acids is 1. The van der Waals surface area contributed by atoms with Gasteiger partial charge in [0.2, 0.25) is 0 Å². The highest BCUT2D eigenvalue weighted by molar-refractivity contribution is 5.85. The molecular weight excluding hydrogens is 222 g/mol. The maximum atomic E-state index is 11.5. The van der Waals surface area contributed by atoms with Crippen LogP contribution >= 0.6 is 0 Å². The number of carboxylic acid groups (broad SMARTS) is 1. The average molecular weight is 245 g/mol. The molecule has 0 fully saturated rings. The van der Waals surface area contributed by atoms with E-state index >= 15 is 0 Å². The maximum absolute atomic E-state index is 11.5. The van der Waals surface area contributed by atoms with Gasteiger partial charge in [0.1, 0.15) is 5.54 Å². The van der Waals surface area contributed by atoms with E-state index in [-0.39, 0.29) is 0 Å². The zero-order chi connectivity index (χ0) is 13.5. The zero-order valence-corrected chi connectivity index (χ0v) is 11.0. The van der Waals surface area contributed by atoms with Crippen LogP contribution in [0, 0.1) is 0 Å². The van der Waals surface area contributed by atoms with Crippen LogP contribution < -0.4 is 10.6 Å². The molecular formula is C11H23N3O3. The summed E-state index contributed by atoms with van der Waals surface area (Å²) in [4.78, 5) is 24.5. The van der Waals surface area contributed by atoms with Crippen LogP contribution in [0.25, 0.3) is 0 Å². The van der Waals surface area contributed by atoms with Gasteiger partial charge in [-0.2, -0.15) is 0 Å². The summed E-state index contributed by atoms with van der Waals surface area (Å²) < 4.78 is 0. The molecule has 2 amide bonds. The molecule has 0 radical (unpaired) electrons. The molecule has 6 nitrogen and oxygen atoms in total. The maximum Gasteiger partial charge on any atom is 0.329 e. The molecule has 0 spiro atoms. The van der Waals surface area contributed by atoms with Gasteiger partial charge in [0.25, 0.3) is 0 Å². The highest BCUT2D eigenvalue weighted by Gasteiger charge is 2.32. The topological polar surface area (TPSA) is 81.7 Å². The minimum atomic E-state index is -1.21. The Morgan fingerprint density at radius 1 is 1.35 bits per heavy atom. The third kappa shape index (κ3) is 5.53. The number of urea groups is 1. The summed E-state index contributed by atoms with van der Waals surface area (Å²) in [6.45, 7) is 7.38. The number of hydrogen-bond donors (Lipinski definition) is 3. The van der Waals surface area contributed by atoms with Crippen molar-refractivity contribution in [2.75, 3.05) is 26.7 Å². The fourth-order valence-corrected chi connectivity index (χ4v) is 1.11. The molecule has 0 aliphatic rings. The van der Waals surface area contributed by atoms with Crippen LogP contribution in [0.5, 0.6) is 0 Å². The van der Waals surface area contributed by atoms with Crippen molar-refractivity contribution in [2.45, 2.75) is 32.7 Å². The highest BCUT2D eigenvalue weighted by Crippen LogP contribution is 2.08. The Hall–Kier alpha value is -1.30. The highest BCUT2D eigenvalue weighted by atomic mass is 16.4. The van der Waals surface area contributed by atoms with Crippen molar-refractivity contribution in [2.24, 2.45) is 0 Å². The average Bonchev–Trinajstić information content (AvgIpc) is 2.28. The van der Waals surface area contributed by atoms with Crippen LogP contribution in [0.2, 0.25) is 0 Å². The molecule has 0 aromatic rings. The van der Waals surface area contributed by atoms with Gasteiger partial charge < -0.3 is 20.6 Å². The zero-order valence-electron chi connectivity index (χ0n) is 11.0. The Labute approximate surface area is 102 Å². The van der Waals surface area contributed by atoms with Gasteiger partial charge in [-0.3, -0.25) is 0 Å². The Morgan fingerprint density at radius 2 is 1.94 bits per heavy atom. The van der Waals surface area contributed by atoms with E-state index in [4.69, 9.17) is 5.11 Å². The summed E-state index contributed by atoms with van der Waals surface area (Å²) in [5.74, 6) is -1.03. The molecule has 3 N–H and O–H groups in total. The van der Waals surface area contributed by atoms with Gasteiger partial charge in [-0.15, -0.1) is 0 Å². The molecule has 0 bridgehead atoms. The summed E-state index contributed by atoms with van der Waals surface area (Å²) in [7, 11) is 1.95. The van der Waals surface area contributed by atoms with Crippen LogP contribution in [-0.4, -0.2) is 54.2 Å². The van der Waals surface area contributed by atoms with Gasteiger partial charge in [-0.05, 0) is 26.9 Å². The first-order valence-corrected chi connectivity index (χ1v) is 5.83. The third-order valence-electron chi connectivity index (χ3n) is 2.89. The first-order chi connectivity index (χ1) is 7.85. The van der Waals surface area contributed by atoms with Crippen molar-refractivity contribution in [3.63, 3.8) is 0 Å². The Morgan fingerprint density at radius 3 is 2.35 bits per heavy atom. The number of nitrogens with zero attached hydrogens (tertiary/aromatic N) is 1. The number of hydrogen-bond acceptors (Lipinski definition) is 3. The smallest absolute Gasteiger partial charge is 0.329 e. The minimum Gasteiger partial charge on any atom is -0.480 e. The van der Waals surface area contributed by atoms with Gasteiger partial charge in [0.15, 0.2) is 0 Å². The standard InChI is InChI=1S/C11H23N3O3/c1-5-11(3,9(15)16)13-10(17)12-7-8-14(4)6-2/h5-8H2,1-4H3,(H,15,16)(H2,12,13,17). The molecule has 0 aromatic carbocycles. The lowest BCUT2D eigenvalue weighted by Crippen LogP contribution is -2.55. The third-order valence-corrected chi connectivity index (χ3v) is 2.89. The lowest BCUT2D eigenvalue weighted by molar-refractivity contribution is -0.143. The summed E-state index contributed by atoms with van der Waals surface area (Å²) in [6.07, 6.45) is 0.338.